The van der Waals surface area contributed by atoms with Gasteiger partial charge in [0.05, 0.1) is 6.04 Å². The van der Waals surface area contributed by atoms with Crippen LogP contribution in [0.15, 0.2) is 18.2 Å². The van der Waals surface area contributed by atoms with E-state index in [9.17, 15) is 4.79 Å². The van der Waals surface area contributed by atoms with E-state index >= 15 is 0 Å². The van der Waals surface area contributed by atoms with Gasteiger partial charge in [-0.2, -0.15) is 0 Å². The van der Waals surface area contributed by atoms with Crippen LogP contribution in [0.2, 0.25) is 0 Å². The summed E-state index contributed by atoms with van der Waals surface area (Å²) in [4.78, 5) is 17.0. The molecule has 0 aromatic heterocycles. The van der Waals surface area contributed by atoms with Crippen molar-refractivity contribution in [2.24, 2.45) is 0 Å². The normalized spacial score (nSPS) is 23.8. The number of aryl methyl sites for hydroxylation is 2. The van der Waals surface area contributed by atoms with Gasteiger partial charge in [-0.1, -0.05) is 18.2 Å². The summed E-state index contributed by atoms with van der Waals surface area (Å²) >= 11 is 0. The second-order valence-corrected chi connectivity index (χ2v) is 6.36. The van der Waals surface area contributed by atoms with E-state index in [1.165, 1.54) is 36.0 Å². The average Bonchev–Trinajstić information content (AvgIpc) is 2.89. The van der Waals surface area contributed by atoms with Crippen LogP contribution in [0, 0.1) is 0 Å². The van der Waals surface area contributed by atoms with Crippen molar-refractivity contribution < 1.29 is 4.79 Å². The van der Waals surface area contributed by atoms with Gasteiger partial charge in [0.25, 0.3) is 0 Å². The predicted molar refractivity (Wildman–Crippen MR) is 81.1 cm³/mol. The summed E-state index contributed by atoms with van der Waals surface area (Å²) in [6, 6.07) is 6.69. The molecule has 1 unspecified atom stereocenters. The summed E-state index contributed by atoms with van der Waals surface area (Å²) in [5, 5.41) is 0. The van der Waals surface area contributed by atoms with Gasteiger partial charge in [0, 0.05) is 26.1 Å². The van der Waals surface area contributed by atoms with Crippen molar-refractivity contribution in [1.29, 1.82) is 0 Å². The maximum absolute atomic E-state index is 12.6. The number of hydrogen-bond acceptors (Lipinski definition) is 3. The van der Waals surface area contributed by atoms with Crippen LogP contribution in [0.3, 0.4) is 0 Å². The molecule has 3 nitrogen and oxygen atoms in total. The fourth-order valence-corrected chi connectivity index (χ4v) is 3.41. The van der Waals surface area contributed by atoms with Crippen molar-refractivity contribution in [1.82, 2.24) is 9.80 Å². The molecule has 1 saturated heterocycles. The third-order valence-corrected chi connectivity index (χ3v) is 4.76. The second-order valence-electron chi connectivity index (χ2n) is 6.36. The van der Waals surface area contributed by atoms with Crippen LogP contribution in [-0.2, 0) is 24.1 Å². The number of likely N-dealkylation sites (N-methyl/N-ethyl adjacent to an activating group) is 2. The topological polar surface area (TPSA) is 23.6 Å². The highest BCUT2D eigenvalue weighted by Gasteiger charge is 2.28. The van der Waals surface area contributed by atoms with Gasteiger partial charge in [0.15, 0.2) is 5.78 Å². The van der Waals surface area contributed by atoms with Gasteiger partial charge in [-0.05, 0) is 50.0 Å². The van der Waals surface area contributed by atoms with E-state index in [1.807, 2.05) is 0 Å². The Morgan fingerprint density at radius 2 is 2.00 bits per heavy atom. The van der Waals surface area contributed by atoms with Crippen LogP contribution < -0.4 is 0 Å². The molecule has 1 aliphatic heterocycles. The van der Waals surface area contributed by atoms with E-state index in [4.69, 9.17) is 0 Å². The maximum Gasteiger partial charge on any atom is 0.155 e. The van der Waals surface area contributed by atoms with E-state index in [-0.39, 0.29) is 6.04 Å². The molecule has 0 spiro atoms. The zero-order chi connectivity index (χ0) is 14.1. The number of hydrogen-bond donors (Lipinski definition) is 0. The van der Waals surface area contributed by atoms with Crippen molar-refractivity contribution >= 4 is 5.78 Å². The largest absolute Gasteiger partial charge is 0.303 e. The molecule has 1 fully saturated rings. The molecule has 20 heavy (non-hydrogen) atoms. The molecule has 108 valence electrons. The molecular weight excluding hydrogens is 248 g/mol. The number of ketones is 1. The summed E-state index contributed by atoms with van der Waals surface area (Å²) in [5.41, 5.74) is 4.14. The third-order valence-electron chi connectivity index (χ3n) is 4.76. The fraction of sp³-hybridized carbons (Fsp3) is 0.588. The van der Waals surface area contributed by atoms with Crippen molar-refractivity contribution in [2.45, 2.75) is 31.7 Å². The first-order chi connectivity index (χ1) is 9.63. The van der Waals surface area contributed by atoms with Crippen LogP contribution in [0.5, 0.6) is 0 Å². The van der Waals surface area contributed by atoms with Crippen molar-refractivity contribution in [3.8, 4) is 0 Å². The summed E-state index contributed by atoms with van der Waals surface area (Å²) < 4.78 is 0. The Kier molecular flexibility index (Phi) is 3.90. The number of carbonyl (C=O) groups is 1. The SMILES string of the molecule is CN1CCN(C)C(C(=O)Cc2ccc3c(c2)CCC3)C1. The smallest absolute Gasteiger partial charge is 0.155 e. The zero-order valence-corrected chi connectivity index (χ0v) is 12.6. The van der Waals surface area contributed by atoms with Crippen LogP contribution in [0.25, 0.3) is 0 Å². The molecule has 0 N–H and O–H groups in total. The molecule has 0 bridgehead atoms. The van der Waals surface area contributed by atoms with Gasteiger partial charge in [-0.15, -0.1) is 0 Å². The van der Waals surface area contributed by atoms with Crippen molar-refractivity contribution in [2.75, 3.05) is 33.7 Å². The second kappa shape index (κ2) is 5.66. The predicted octanol–water partition coefficient (Wildman–Crippen LogP) is 1.53. The number of rotatable bonds is 3. The number of benzene rings is 1. The summed E-state index contributed by atoms with van der Waals surface area (Å²) in [6.45, 7) is 2.90. The molecule has 0 radical (unpaired) electrons. The first-order valence-electron chi connectivity index (χ1n) is 7.65. The average molecular weight is 272 g/mol. The highest BCUT2D eigenvalue weighted by molar-refractivity contribution is 5.86. The van der Waals surface area contributed by atoms with Crippen LogP contribution in [0.1, 0.15) is 23.1 Å². The Balaban J connectivity index is 1.69. The lowest BCUT2D eigenvalue weighted by Crippen LogP contribution is -2.53. The monoisotopic (exact) mass is 272 g/mol. The van der Waals surface area contributed by atoms with Gasteiger partial charge in [-0.25, -0.2) is 0 Å². The van der Waals surface area contributed by atoms with Crippen molar-refractivity contribution in [3.63, 3.8) is 0 Å². The molecule has 1 aromatic carbocycles. The van der Waals surface area contributed by atoms with Gasteiger partial charge in [0.1, 0.15) is 0 Å². The quantitative estimate of drug-likeness (QED) is 0.834. The lowest BCUT2D eigenvalue weighted by Gasteiger charge is -2.36. The maximum atomic E-state index is 12.6. The summed E-state index contributed by atoms with van der Waals surface area (Å²) in [7, 11) is 4.17. The van der Waals surface area contributed by atoms with Crippen LogP contribution in [0.4, 0.5) is 0 Å². The Morgan fingerprint density at radius 3 is 2.85 bits per heavy atom. The Bertz CT molecular complexity index is 512. The minimum Gasteiger partial charge on any atom is -0.303 e. The van der Waals surface area contributed by atoms with Gasteiger partial charge < -0.3 is 4.90 Å². The van der Waals surface area contributed by atoms with Gasteiger partial charge in [0.2, 0.25) is 0 Å². The number of Topliss-reactive ketones (excluding diaryl/α,β-unsaturated/α-hetero) is 1. The molecule has 1 aliphatic carbocycles. The van der Waals surface area contributed by atoms with Crippen LogP contribution in [-0.4, -0.2) is 55.4 Å². The lowest BCUT2D eigenvalue weighted by molar-refractivity contribution is -0.125. The lowest BCUT2D eigenvalue weighted by atomic mass is 9.98. The standard InChI is InChI=1S/C17H24N2O/c1-18-8-9-19(2)16(12-18)17(20)11-13-6-7-14-4-3-5-15(14)10-13/h6-7,10,16H,3-5,8-9,11-12H2,1-2H3. The van der Waals surface area contributed by atoms with E-state index in [2.05, 4.69) is 42.1 Å². The molecular formula is C17H24N2O. The first-order valence-corrected chi connectivity index (χ1v) is 7.65. The molecule has 1 aromatic rings. The van der Waals surface area contributed by atoms with E-state index < -0.39 is 0 Å². The molecule has 1 atom stereocenters. The molecule has 0 saturated carbocycles. The fourth-order valence-electron chi connectivity index (χ4n) is 3.41. The highest BCUT2D eigenvalue weighted by Crippen LogP contribution is 2.23. The minimum atomic E-state index is 0.0574. The van der Waals surface area contributed by atoms with E-state index in [1.54, 1.807) is 0 Å². The Labute approximate surface area is 121 Å². The number of carbonyl (C=O) groups excluding carboxylic acids is 1. The zero-order valence-electron chi connectivity index (χ0n) is 12.6. The first kappa shape index (κ1) is 13.8. The highest BCUT2D eigenvalue weighted by atomic mass is 16.1. The summed E-state index contributed by atoms with van der Waals surface area (Å²) in [6.07, 6.45) is 4.24. The van der Waals surface area contributed by atoms with Crippen molar-refractivity contribution in [3.05, 3.63) is 34.9 Å². The molecule has 1 heterocycles. The third kappa shape index (κ3) is 2.79. The number of fused-ring (bicyclic) bond motifs is 1. The Hall–Kier alpha value is -1.19. The molecule has 3 heteroatoms. The van der Waals surface area contributed by atoms with E-state index in [0.29, 0.717) is 12.2 Å². The van der Waals surface area contributed by atoms with E-state index in [0.717, 1.165) is 19.6 Å². The summed E-state index contributed by atoms with van der Waals surface area (Å²) in [5.74, 6) is 0.358. The number of nitrogens with zero attached hydrogens (tertiary/aromatic N) is 2. The van der Waals surface area contributed by atoms with Crippen LogP contribution >= 0.6 is 0 Å². The minimum absolute atomic E-state index is 0.0574. The van der Waals surface area contributed by atoms with Gasteiger partial charge >= 0.3 is 0 Å². The van der Waals surface area contributed by atoms with Gasteiger partial charge in [-0.3, -0.25) is 9.69 Å². The molecule has 2 aliphatic rings. The Morgan fingerprint density at radius 1 is 1.20 bits per heavy atom. The molecule has 3 rings (SSSR count). The molecule has 0 amide bonds. The number of piperazine rings is 1.